The molecule has 142 valence electrons. The molecule has 0 spiro atoms. The highest BCUT2D eigenvalue weighted by atomic mass is 19.1. The van der Waals surface area contributed by atoms with Gasteiger partial charge in [-0.3, -0.25) is 9.69 Å². The Morgan fingerprint density at radius 1 is 1.00 bits per heavy atom. The molecular weight excluding hydrogens is 346 g/mol. The fourth-order valence-corrected chi connectivity index (χ4v) is 4.59. The van der Waals surface area contributed by atoms with Crippen LogP contribution in [0.5, 0.6) is 0 Å². The molecule has 0 N–H and O–H groups in total. The zero-order valence-electron chi connectivity index (χ0n) is 15.3. The van der Waals surface area contributed by atoms with Gasteiger partial charge in [0, 0.05) is 37.3 Å². The lowest BCUT2D eigenvalue weighted by Crippen LogP contribution is -2.54. The Morgan fingerprint density at radius 2 is 1.74 bits per heavy atom. The Kier molecular flexibility index (Phi) is 5.21. The fraction of sp³-hybridized carbons (Fsp3) is 0.409. The summed E-state index contributed by atoms with van der Waals surface area (Å²) in [5.41, 5.74) is 1.41. The molecule has 0 unspecified atom stereocenters. The molecule has 2 fully saturated rings. The number of rotatable bonds is 3. The molecule has 2 aromatic carbocycles. The van der Waals surface area contributed by atoms with Gasteiger partial charge in [0.25, 0.3) is 5.91 Å². The van der Waals surface area contributed by atoms with Crippen molar-refractivity contribution in [2.45, 2.75) is 31.8 Å². The van der Waals surface area contributed by atoms with Gasteiger partial charge < -0.3 is 4.90 Å². The minimum Gasteiger partial charge on any atom is -0.338 e. The number of piperidine rings is 2. The van der Waals surface area contributed by atoms with Crippen molar-refractivity contribution in [3.63, 3.8) is 0 Å². The molecule has 2 aliphatic heterocycles. The molecule has 0 aliphatic carbocycles. The van der Waals surface area contributed by atoms with E-state index in [1.54, 1.807) is 0 Å². The van der Waals surface area contributed by atoms with Crippen LogP contribution in [0.2, 0.25) is 0 Å². The molecule has 3 nitrogen and oxygen atoms in total. The van der Waals surface area contributed by atoms with E-state index in [0.717, 1.165) is 50.5 Å². The molecule has 2 atom stereocenters. The lowest BCUT2D eigenvalue weighted by Gasteiger charge is -2.47. The third-order valence-electron chi connectivity index (χ3n) is 5.80. The highest BCUT2D eigenvalue weighted by molar-refractivity contribution is 5.94. The maximum absolute atomic E-state index is 13.5. The van der Waals surface area contributed by atoms with Crippen LogP contribution in [0.3, 0.4) is 0 Å². The number of nitrogens with zero attached hydrogens (tertiary/aromatic N) is 2. The topological polar surface area (TPSA) is 23.6 Å². The van der Waals surface area contributed by atoms with Gasteiger partial charge in [-0.15, -0.1) is 0 Å². The third kappa shape index (κ3) is 4.03. The molecule has 2 saturated heterocycles. The number of likely N-dealkylation sites (tertiary alicyclic amines) is 2. The summed E-state index contributed by atoms with van der Waals surface area (Å²) >= 11 is 0. The van der Waals surface area contributed by atoms with E-state index in [4.69, 9.17) is 0 Å². The smallest absolute Gasteiger partial charge is 0.253 e. The summed E-state index contributed by atoms with van der Waals surface area (Å²) in [4.78, 5) is 17.1. The molecular formula is C22H24F2N2O. The van der Waals surface area contributed by atoms with Crippen LogP contribution in [0.1, 0.15) is 35.2 Å². The van der Waals surface area contributed by atoms with E-state index < -0.39 is 11.6 Å². The number of carbonyl (C=O) groups excluding carboxylic acids is 1. The van der Waals surface area contributed by atoms with Crippen LogP contribution in [-0.2, 0) is 6.54 Å². The number of benzene rings is 2. The first-order chi connectivity index (χ1) is 13.1. The van der Waals surface area contributed by atoms with Gasteiger partial charge in [-0.1, -0.05) is 18.2 Å². The number of halogens is 2. The second-order valence-corrected chi connectivity index (χ2v) is 7.62. The first-order valence-corrected chi connectivity index (χ1v) is 9.63. The van der Waals surface area contributed by atoms with Gasteiger partial charge in [-0.25, -0.2) is 8.78 Å². The zero-order chi connectivity index (χ0) is 18.8. The Labute approximate surface area is 158 Å². The maximum atomic E-state index is 13.5. The first kappa shape index (κ1) is 18.1. The summed E-state index contributed by atoms with van der Waals surface area (Å²) in [6.07, 6.45) is 3.05. The van der Waals surface area contributed by atoms with Gasteiger partial charge in [-0.2, -0.15) is 0 Å². The second kappa shape index (κ2) is 7.77. The molecule has 27 heavy (non-hydrogen) atoms. The first-order valence-electron chi connectivity index (χ1n) is 9.63. The van der Waals surface area contributed by atoms with Crippen LogP contribution in [0.4, 0.5) is 8.78 Å². The van der Waals surface area contributed by atoms with Crippen LogP contribution in [0.25, 0.3) is 0 Å². The monoisotopic (exact) mass is 370 g/mol. The molecule has 0 radical (unpaired) electrons. The minimum absolute atomic E-state index is 0.0957. The van der Waals surface area contributed by atoms with Crippen molar-refractivity contribution in [1.29, 1.82) is 0 Å². The standard InChI is InChI=1S/C22H24F2N2O/c23-19-11-16(12-20(24)13-19)14-25-9-4-7-18-15-26(10-8-21(18)25)22(27)17-5-2-1-3-6-17/h1-3,5-6,11-13,18,21H,4,7-10,14-15H2/t18-,21+/m1/s1. The predicted molar refractivity (Wildman–Crippen MR) is 100 cm³/mol. The number of carbonyl (C=O) groups is 1. The summed E-state index contributed by atoms with van der Waals surface area (Å²) in [5.74, 6) is -0.541. The Bertz CT molecular complexity index is 791. The summed E-state index contributed by atoms with van der Waals surface area (Å²) in [7, 11) is 0. The van der Waals surface area contributed by atoms with Gasteiger partial charge in [-0.05, 0) is 61.6 Å². The van der Waals surface area contributed by atoms with Gasteiger partial charge in [0.1, 0.15) is 11.6 Å². The van der Waals surface area contributed by atoms with Gasteiger partial charge >= 0.3 is 0 Å². The number of amides is 1. The summed E-state index contributed by atoms with van der Waals surface area (Å²) in [6, 6.07) is 13.5. The van der Waals surface area contributed by atoms with Crippen molar-refractivity contribution in [3.8, 4) is 0 Å². The highest BCUT2D eigenvalue weighted by Crippen LogP contribution is 2.32. The summed E-state index contributed by atoms with van der Waals surface area (Å²) in [5, 5.41) is 0. The summed E-state index contributed by atoms with van der Waals surface area (Å²) in [6.45, 7) is 2.98. The van der Waals surface area contributed by atoms with Crippen molar-refractivity contribution in [1.82, 2.24) is 9.80 Å². The van der Waals surface area contributed by atoms with Crippen LogP contribution < -0.4 is 0 Å². The van der Waals surface area contributed by atoms with Crippen molar-refractivity contribution < 1.29 is 13.6 Å². The van der Waals surface area contributed by atoms with Crippen LogP contribution in [-0.4, -0.2) is 41.4 Å². The lowest BCUT2D eigenvalue weighted by molar-refractivity contribution is 0.0174. The van der Waals surface area contributed by atoms with E-state index >= 15 is 0 Å². The van der Waals surface area contributed by atoms with E-state index in [1.165, 1.54) is 12.1 Å². The third-order valence-corrected chi connectivity index (χ3v) is 5.80. The van der Waals surface area contributed by atoms with E-state index in [1.807, 2.05) is 35.2 Å². The van der Waals surface area contributed by atoms with E-state index in [-0.39, 0.29) is 5.91 Å². The highest BCUT2D eigenvalue weighted by Gasteiger charge is 2.37. The molecule has 2 aromatic rings. The Morgan fingerprint density at radius 3 is 2.48 bits per heavy atom. The Balaban J connectivity index is 1.44. The quantitative estimate of drug-likeness (QED) is 0.812. The molecule has 4 rings (SSSR count). The minimum atomic E-state index is -0.526. The largest absolute Gasteiger partial charge is 0.338 e. The molecule has 1 amide bonds. The van der Waals surface area contributed by atoms with Crippen LogP contribution in [0.15, 0.2) is 48.5 Å². The molecule has 5 heteroatoms. The SMILES string of the molecule is O=C(c1ccccc1)N1CC[C@H]2[C@H](CCCN2Cc2cc(F)cc(F)c2)C1. The number of fused-ring (bicyclic) bond motifs is 1. The van der Waals surface area contributed by atoms with Crippen molar-refractivity contribution in [2.24, 2.45) is 5.92 Å². The van der Waals surface area contributed by atoms with E-state index in [9.17, 15) is 13.6 Å². The van der Waals surface area contributed by atoms with Gasteiger partial charge in [0.15, 0.2) is 0 Å². The Hall–Kier alpha value is -2.27. The van der Waals surface area contributed by atoms with Crippen LogP contribution >= 0.6 is 0 Å². The van der Waals surface area contributed by atoms with Crippen molar-refractivity contribution in [3.05, 3.63) is 71.3 Å². The summed E-state index contributed by atoms with van der Waals surface area (Å²) < 4.78 is 27.0. The van der Waals surface area contributed by atoms with Crippen molar-refractivity contribution >= 4 is 5.91 Å². The van der Waals surface area contributed by atoms with Gasteiger partial charge in [0.05, 0.1) is 0 Å². The fourth-order valence-electron chi connectivity index (χ4n) is 4.59. The van der Waals surface area contributed by atoms with Crippen molar-refractivity contribution in [2.75, 3.05) is 19.6 Å². The zero-order valence-corrected chi connectivity index (χ0v) is 15.3. The van der Waals surface area contributed by atoms with E-state index in [0.29, 0.717) is 24.1 Å². The molecule has 0 aromatic heterocycles. The molecule has 0 bridgehead atoms. The van der Waals surface area contributed by atoms with Crippen LogP contribution in [0, 0.1) is 17.6 Å². The number of hydrogen-bond acceptors (Lipinski definition) is 2. The lowest BCUT2D eigenvalue weighted by atomic mass is 9.83. The predicted octanol–water partition coefficient (Wildman–Crippen LogP) is 4.09. The second-order valence-electron chi connectivity index (χ2n) is 7.62. The maximum Gasteiger partial charge on any atom is 0.253 e. The normalized spacial score (nSPS) is 23.1. The molecule has 2 heterocycles. The van der Waals surface area contributed by atoms with Gasteiger partial charge in [0.2, 0.25) is 0 Å². The number of hydrogen-bond donors (Lipinski definition) is 0. The molecule has 0 saturated carbocycles. The average molecular weight is 370 g/mol. The average Bonchev–Trinajstić information content (AvgIpc) is 2.67. The molecule has 2 aliphatic rings. The van der Waals surface area contributed by atoms with E-state index in [2.05, 4.69) is 4.90 Å².